The molecule has 1 heterocycles. The smallest absolute Gasteiger partial charge is 0.306 e. The summed E-state index contributed by atoms with van der Waals surface area (Å²) in [5.41, 5.74) is 1.81. The van der Waals surface area contributed by atoms with Crippen molar-refractivity contribution in [2.75, 3.05) is 5.75 Å². The van der Waals surface area contributed by atoms with Gasteiger partial charge in [-0.3, -0.25) is 4.57 Å². The molecule has 0 fully saturated rings. The monoisotopic (exact) mass is 318 g/mol. The largest absolute Gasteiger partial charge is 0.326 e. The SMILES string of the molecule is O=c1[nH]c2ccccc2n1CCCSc1ccccc1Cl. The normalized spacial score (nSPS) is 11.1. The van der Waals surface area contributed by atoms with Gasteiger partial charge in [-0.25, -0.2) is 4.79 Å². The van der Waals surface area contributed by atoms with Gasteiger partial charge in [0.05, 0.1) is 16.1 Å². The predicted molar refractivity (Wildman–Crippen MR) is 89.4 cm³/mol. The van der Waals surface area contributed by atoms with Crippen LogP contribution in [0.15, 0.2) is 58.2 Å². The second-order valence-electron chi connectivity index (χ2n) is 4.73. The lowest BCUT2D eigenvalue weighted by molar-refractivity contribution is 0.679. The summed E-state index contributed by atoms with van der Waals surface area (Å²) in [6.07, 6.45) is 0.914. The lowest BCUT2D eigenvalue weighted by atomic mass is 10.3. The zero-order valence-electron chi connectivity index (χ0n) is 11.4. The molecule has 1 aromatic heterocycles. The first-order chi connectivity index (χ1) is 10.3. The van der Waals surface area contributed by atoms with Gasteiger partial charge in [-0.05, 0) is 36.4 Å². The topological polar surface area (TPSA) is 37.8 Å². The summed E-state index contributed by atoms with van der Waals surface area (Å²) in [4.78, 5) is 15.9. The Morgan fingerprint density at radius 3 is 2.71 bits per heavy atom. The van der Waals surface area contributed by atoms with Crippen LogP contribution in [-0.4, -0.2) is 15.3 Å². The molecule has 5 heteroatoms. The number of aryl methyl sites for hydroxylation is 1. The van der Waals surface area contributed by atoms with E-state index < -0.39 is 0 Å². The van der Waals surface area contributed by atoms with Crippen LogP contribution in [0.2, 0.25) is 5.02 Å². The number of fused-ring (bicyclic) bond motifs is 1. The summed E-state index contributed by atoms with van der Waals surface area (Å²) in [6, 6.07) is 15.6. The third kappa shape index (κ3) is 3.17. The average molecular weight is 319 g/mol. The van der Waals surface area contributed by atoms with Crippen LogP contribution >= 0.6 is 23.4 Å². The van der Waals surface area contributed by atoms with Crippen LogP contribution in [0.5, 0.6) is 0 Å². The van der Waals surface area contributed by atoms with Gasteiger partial charge in [0.25, 0.3) is 0 Å². The minimum Gasteiger partial charge on any atom is -0.306 e. The first-order valence-electron chi connectivity index (χ1n) is 6.80. The minimum absolute atomic E-state index is 0.0426. The molecule has 0 unspecified atom stereocenters. The van der Waals surface area contributed by atoms with Crippen LogP contribution in [0.25, 0.3) is 11.0 Å². The molecule has 21 heavy (non-hydrogen) atoms. The van der Waals surface area contributed by atoms with Crippen molar-refractivity contribution in [3.8, 4) is 0 Å². The molecule has 2 aromatic carbocycles. The van der Waals surface area contributed by atoms with Gasteiger partial charge in [0.1, 0.15) is 0 Å². The number of thioether (sulfide) groups is 1. The number of para-hydroxylation sites is 2. The fraction of sp³-hybridized carbons (Fsp3) is 0.188. The van der Waals surface area contributed by atoms with Gasteiger partial charge in [-0.15, -0.1) is 11.8 Å². The third-order valence-electron chi connectivity index (χ3n) is 3.30. The van der Waals surface area contributed by atoms with E-state index in [0.29, 0.717) is 6.54 Å². The van der Waals surface area contributed by atoms with E-state index in [4.69, 9.17) is 11.6 Å². The Morgan fingerprint density at radius 2 is 1.86 bits per heavy atom. The first kappa shape index (κ1) is 14.3. The van der Waals surface area contributed by atoms with Gasteiger partial charge >= 0.3 is 5.69 Å². The second kappa shape index (κ2) is 6.41. The Bertz CT molecular complexity index is 809. The summed E-state index contributed by atoms with van der Waals surface area (Å²) < 4.78 is 1.79. The quantitative estimate of drug-likeness (QED) is 0.566. The molecule has 0 amide bonds. The van der Waals surface area contributed by atoms with Crippen LogP contribution in [0.1, 0.15) is 6.42 Å². The van der Waals surface area contributed by atoms with Crippen molar-refractivity contribution in [2.45, 2.75) is 17.9 Å². The van der Waals surface area contributed by atoms with E-state index in [9.17, 15) is 4.79 Å². The number of rotatable bonds is 5. The highest BCUT2D eigenvalue weighted by Crippen LogP contribution is 2.27. The van der Waals surface area contributed by atoms with E-state index in [1.165, 1.54) is 0 Å². The summed E-state index contributed by atoms with van der Waals surface area (Å²) >= 11 is 7.85. The molecule has 3 aromatic rings. The molecule has 1 N–H and O–H groups in total. The van der Waals surface area contributed by atoms with Crippen molar-refractivity contribution in [3.05, 3.63) is 64.0 Å². The number of aromatic nitrogens is 2. The van der Waals surface area contributed by atoms with Crippen LogP contribution in [0.3, 0.4) is 0 Å². The molecule has 0 atom stereocenters. The Labute approximate surface area is 131 Å². The molecule has 0 aliphatic heterocycles. The number of benzene rings is 2. The van der Waals surface area contributed by atoms with Gasteiger partial charge in [0.15, 0.2) is 0 Å². The Kier molecular flexibility index (Phi) is 4.36. The Hall–Kier alpha value is -1.65. The van der Waals surface area contributed by atoms with E-state index >= 15 is 0 Å². The fourth-order valence-corrected chi connectivity index (χ4v) is 3.47. The summed E-state index contributed by atoms with van der Waals surface area (Å²) in [5, 5.41) is 0.784. The van der Waals surface area contributed by atoms with Crippen LogP contribution in [-0.2, 0) is 6.54 Å². The van der Waals surface area contributed by atoms with Crippen molar-refractivity contribution in [3.63, 3.8) is 0 Å². The predicted octanol–water partition coefficient (Wildman–Crippen LogP) is 4.17. The molecule has 3 nitrogen and oxygen atoms in total. The summed E-state index contributed by atoms with van der Waals surface area (Å²) in [6.45, 7) is 0.709. The molecule has 108 valence electrons. The number of H-pyrrole nitrogens is 1. The lowest BCUT2D eigenvalue weighted by Crippen LogP contribution is -2.17. The van der Waals surface area contributed by atoms with Crippen molar-refractivity contribution in [1.29, 1.82) is 0 Å². The molecular formula is C16H15ClN2OS. The summed E-state index contributed by atoms with van der Waals surface area (Å²) in [7, 11) is 0. The standard InChI is InChI=1S/C16H15ClN2OS/c17-12-6-1-4-9-15(12)21-11-5-10-19-14-8-3-2-7-13(14)18-16(19)20/h1-4,6-9H,5,10-11H2,(H,18,20). The molecule has 3 rings (SSSR count). The zero-order valence-corrected chi connectivity index (χ0v) is 13.0. The molecule has 0 radical (unpaired) electrons. The zero-order chi connectivity index (χ0) is 14.7. The van der Waals surface area contributed by atoms with Crippen LogP contribution < -0.4 is 5.69 Å². The number of halogens is 1. The second-order valence-corrected chi connectivity index (χ2v) is 6.28. The maximum Gasteiger partial charge on any atom is 0.326 e. The molecule has 0 aliphatic carbocycles. The Morgan fingerprint density at radius 1 is 1.10 bits per heavy atom. The lowest BCUT2D eigenvalue weighted by Gasteiger charge is -2.05. The number of nitrogens with zero attached hydrogens (tertiary/aromatic N) is 1. The van der Waals surface area contributed by atoms with Crippen LogP contribution in [0.4, 0.5) is 0 Å². The van der Waals surface area contributed by atoms with Gasteiger partial charge in [-0.1, -0.05) is 35.9 Å². The van der Waals surface area contributed by atoms with E-state index in [-0.39, 0.29) is 5.69 Å². The fourth-order valence-electron chi connectivity index (χ4n) is 2.30. The number of hydrogen-bond acceptors (Lipinski definition) is 2. The van der Waals surface area contributed by atoms with Crippen molar-refractivity contribution < 1.29 is 0 Å². The Balaban J connectivity index is 1.64. The molecule has 0 aliphatic rings. The first-order valence-corrected chi connectivity index (χ1v) is 8.17. The van der Waals surface area contributed by atoms with Crippen LogP contribution in [0, 0.1) is 0 Å². The molecule has 0 saturated carbocycles. The van der Waals surface area contributed by atoms with Crippen molar-refractivity contribution in [2.24, 2.45) is 0 Å². The van der Waals surface area contributed by atoms with E-state index in [1.807, 2.05) is 48.5 Å². The van der Waals surface area contributed by atoms with Crippen molar-refractivity contribution in [1.82, 2.24) is 9.55 Å². The van der Waals surface area contributed by atoms with Gasteiger partial charge in [-0.2, -0.15) is 0 Å². The number of aromatic amines is 1. The van der Waals surface area contributed by atoms with E-state index in [0.717, 1.165) is 33.1 Å². The molecule has 0 bridgehead atoms. The highest BCUT2D eigenvalue weighted by atomic mass is 35.5. The highest BCUT2D eigenvalue weighted by molar-refractivity contribution is 7.99. The minimum atomic E-state index is -0.0426. The van der Waals surface area contributed by atoms with Gasteiger partial charge < -0.3 is 4.98 Å². The van der Waals surface area contributed by atoms with Gasteiger partial charge in [0, 0.05) is 11.4 Å². The highest BCUT2D eigenvalue weighted by Gasteiger charge is 2.05. The summed E-state index contributed by atoms with van der Waals surface area (Å²) in [5.74, 6) is 0.926. The molecule has 0 spiro atoms. The molecule has 0 saturated heterocycles. The van der Waals surface area contributed by atoms with Crippen molar-refractivity contribution >= 4 is 34.4 Å². The maximum absolute atomic E-state index is 11.9. The number of nitrogens with one attached hydrogen (secondary N) is 1. The average Bonchev–Trinajstić information content (AvgIpc) is 2.81. The van der Waals surface area contributed by atoms with E-state index in [2.05, 4.69) is 4.98 Å². The van der Waals surface area contributed by atoms with E-state index in [1.54, 1.807) is 16.3 Å². The third-order valence-corrected chi connectivity index (χ3v) is 4.90. The number of imidazole rings is 1. The number of hydrogen-bond donors (Lipinski definition) is 1. The van der Waals surface area contributed by atoms with Gasteiger partial charge in [0.2, 0.25) is 0 Å². The molecular weight excluding hydrogens is 304 g/mol. The maximum atomic E-state index is 11.9.